The third-order valence-corrected chi connectivity index (χ3v) is 6.55. The zero-order chi connectivity index (χ0) is 18.9. The van der Waals surface area contributed by atoms with Crippen molar-refractivity contribution >= 4 is 0 Å². The highest BCUT2D eigenvalue weighted by Crippen LogP contribution is 2.26. The average Bonchev–Trinajstić information content (AvgIpc) is 2.65. The lowest BCUT2D eigenvalue weighted by Gasteiger charge is -2.47. The summed E-state index contributed by atoms with van der Waals surface area (Å²) in [5.41, 5.74) is 0. The zero-order valence-electron chi connectivity index (χ0n) is 18.3. The first-order chi connectivity index (χ1) is 12.7. The molecule has 0 heterocycles. The van der Waals surface area contributed by atoms with Gasteiger partial charge in [0.25, 0.3) is 0 Å². The van der Waals surface area contributed by atoms with E-state index in [-0.39, 0.29) is 4.65 Å². The monoisotopic (exact) mass is 367 g/mol. The summed E-state index contributed by atoms with van der Waals surface area (Å²) in [5.74, 6) is 0. The van der Waals surface area contributed by atoms with Crippen molar-refractivity contribution in [3.8, 4) is 0 Å². The van der Waals surface area contributed by atoms with Gasteiger partial charge in [-0.25, -0.2) is 0 Å². The normalized spacial score (nSPS) is 18.1. The Balaban J connectivity index is 1.80. The first kappa shape index (κ1) is 24.0. The molecular weight excluding hydrogens is 318 g/mol. The fourth-order valence-electron chi connectivity index (χ4n) is 4.61. The average molecular weight is 368 g/mol. The van der Waals surface area contributed by atoms with Crippen LogP contribution in [0.1, 0.15) is 135 Å². The summed E-state index contributed by atoms with van der Waals surface area (Å²) in [7, 11) is 1.93. The lowest BCUT2D eigenvalue weighted by atomic mass is 9.94. The van der Waals surface area contributed by atoms with E-state index >= 15 is 0 Å². The predicted octanol–water partition coefficient (Wildman–Crippen LogP) is 8.13. The molecule has 2 heteroatoms. The summed E-state index contributed by atoms with van der Waals surface area (Å²) in [4.78, 5) is 0. The van der Waals surface area contributed by atoms with Gasteiger partial charge in [-0.15, -0.1) is 0 Å². The van der Waals surface area contributed by atoms with Gasteiger partial charge in [-0.05, 0) is 38.5 Å². The summed E-state index contributed by atoms with van der Waals surface area (Å²) in [6, 6.07) is 0.399. The Morgan fingerprint density at radius 2 is 1.00 bits per heavy atom. The molecule has 2 nitrogen and oxygen atoms in total. The van der Waals surface area contributed by atoms with Gasteiger partial charge in [-0.1, -0.05) is 96.8 Å². The van der Waals surface area contributed by atoms with Gasteiger partial charge in [0.15, 0.2) is 0 Å². The van der Waals surface area contributed by atoms with E-state index in [0.717, 1.165) is 13.0 Å². The zero-order valence-corrected chi connectivity index (χ0v) is 18.3. The second kappa shape index (κ2) is 15.9. The molecule has 1 saturated carbocycles. The van der Waals surface area contributed by atoms with Gasteiger partial charge in [0.1, 0.15) is 0 Å². The second-order valence-electron chi connectivity index (χ2n) is 9.14. The lowest BCUT2D eigenvalue weighted by Crippen LogP contribution is -2.48. The van der Waals surface area contributed by atoms with Gasteiger partial charge in [0.2, 0.25) is 0 Å². The fourth-order valence-corrected chi connectivity index (χ4v) is 4.61. The van der Waals surface area contributed by atoms with Crippen molar-refractivity contribution in [2.24, 2.45) is 0 Å². The molecule has 26 heavy (non-hydrogen) atoms. The van der Waals surface area contributed by atoms with Crippen molar-refractivity contribution in [1.29, 1.82) is 0 Å². The largest absolute Gasteiger partial charge is 0.633 e. The van der Waals surface area contributed by atoms with Crippen LogP contribution < -0.4 is 0 Å². The van der Waals surface area contributed by atoms with Crippen LogP contribution in [0.3, 0.4) is 0 Å². The molecule has 0 radical (unpaired) electrons. The molecule has 0 amide bonds. The third kappa shape index (κ3) is 12.3. The first-order valence-electron chi connectivity index (χ1n) is 12.2. The smallest absolute Gasteiger partial charge is 0.0885 e. The molecule has 0 spiro atoms. The van der Waals surface area contributed by atoms with Crippen LogP contribution in [0.15, 0.2) is 0 Å². The topological polar surface area (TPSA) is 23.1 Å². The van der Waals surface area contributed by atoms with Crippen LogP contribution in [0.5, 0.6) is 0 Å². The Morgan fingerprint density at radius 1 is 0.615 bits per heavy atom. The second-order valence-corrected chi connectivity index (χ2v) is 9.14. The molecule has 0 saturated heterocycles. The Morgan fingerprint density at radius 3 is 1.42 bits per heavy atom. The summed E-state index contributed by atoms with van der Waals surface area (Å²) in [6.45, 7) is 3.14. The van der Waals surface area contributed by atoms with E-state index in [0.29, 0.717) is 6.04 Å². The van der Waals surface area contributed by atoms with E-state index in [2.05, 4.69) is 6.92 Å². The van der Waals surface area contributed by atoms with Crippen LogP contribution in [0.2, 0.25) is 0 Å². The fraction of sp³-hybridized carbons (Fsp3) is 1.00. The van der Waals surface area contributed by atoms with E-state index in [1.807, 2.05) is 7.05 Å². The number of quaternary nitrogens is 1. The highest BCUT2D eigenvalue weighted by atomic mass is 16.5. The maximum atomic E-state index is 12.7. The molecule has 1 rings (SSSR count). The van der Waals surface area contributed by atoms with Gasteiger partial charge in [0.05, 0.1) is 19.6 Å². The lowest BCUT2D eigenvalue weighted by molar-refractivity contribution is -0.888. The molecule has 0 N–H and O–H groups in total. The number of unbranched alkanes of at least 4 members (excludes halogenated alkanes) is 14. The van der Waals surface area contributed by atoms with Crippen LogP contribution in [0.4, 0.5) is 0 Å². The van der Waals surface area contributed by atoms with Crippen LogP contribution in [-0.4, -0.2) is 24.3 Å². The van der Waals surface area contributed by atoms with E-state index in [4.69, 9.17) is 0 Å². The van der Waals surface area contributed by atoms with Gasteiger partial charge in [0, 0.05) is 0 Å². The SMILES string of the molecule is CCCCCCCCCCCCCCCCC[N+](C)([O-])C1CCCCC1. The molecule has 0 bridgehead atoms. The number of hydrogen-bond donors (Lipinski definition) is 0. The molecule has 0 aromatic carbocycles. The maximum Gasteiger partial charge on any atom is 0.0885 e. The predicted molar refractivity (Wildman–Crippen MR) is 116 cm³/mol. The Bertz CT molecular complexity index is 297. The van der Waals surface area contributed by atoms with E-state index in [9.17, 15) is 5.21 Å². The molecule has 0 aromatic rings. The summed E-state index contributed by atoms with van der Waals surface area (Å²) in [5, 5.41) is 12.7. The highest BCUT2D eigenvalue weighted by Gasteiger charge is 2.25. The minimum absolute atomic E-state index is 0.0401. The van der Waals surface area contributed by atoms with Crippen molar-refractivity contribution < 1.29 is 4.65 Å². The number of hydrogen-bond acceptors (Lipinski definition) is 1. The molecule has 0 aliphatic heterocycles. The Hall–Kier alpha value is -0.0800. The molecule has 1 fully saturated rings. The van der Waals surface area contributed by atoms with Crippen molar-refractivity contribution in [2.75, 3.05) is 13.6 Å². The summed E-state index contributed by atoms with van der Waals surface area (Å²) < 4.78 is 0.0401. The van der Waals surface area contributed by atoms with E-state index in [1.165, 1.54) is 122 Å². The van der Waals surface area contributed by atoms with Crippen molar-refractivity contribution in [3.05, 3.63) is 5.21 Å². The van der Waals surface area contributed by atoms with Gasteiger partial charge < -0.3 is 9.85 Å². The molecule has 1 aliphatic rings. The van der Waals surface area contributed by atoms with Gasteiger partial charge >= 0.3 is 0 Å². The van der Waals surface area contributed by atoms with Crippen LogP contribution in [0, 0.1) is 5.21 Å². The van der Waals surface area contributed by atoms with Gasteiger partial charge in [-0.2, -0.15) is 0 Å². The number of nitrogens with zero attached hydrogens (tertiary/aromatic N) is 1. The summed E-state index contributed by atoms with van der Waals surface area (Å²) in [6.07, 6.45) is 27.1. The van der Waals surface area contributed by atoms with Crippen LogP contribution in [-0.2, 0) is 0 Å². The van der Waals surface area contributed by atoms with Crippen molar-refractivity contribution in [1.82, 2.24) is 0 Å². The number of hydroxylamine groups is 3. The highest BCUT2D eigenvalue weighted by molar-refractivity contribution is 4.67. The van der Waals surface area contributed by atoms with E-state index in [1.54, 1.807) is 0 Å². The molecule has 0 aromatic heterocycles. The van der Waals surface area contributed by atoms with E-state index < -0.39 is 0 Å². The number of rotatable bonds is 17. The molecule has 156 valence electrons. The van der Waals surface area contributed by atoms with Gasteiger partial charge in [-0.3, -0.25) is 0 Å². The van der Waals surface area contributed by atoms with Crippen molar-refractivity contribution in [3.63, 3.8) is 0 Å². The molecule has 1 atom stereocenters. The molecule has 1 aliphatic carbocycles. The quantitative estimate of drug-likeness (QED) is 0.144. The Kier molecular flexibility index (Phi) is 14.7. The van der Waals surface area contributed by atoms with Crippen LogP contribution >= 0.6 is 0 Å². The standard InChI is InChI=1S/C24H49NO/c1-3-4-5-6-7-8-9-10-11-12-13-14-15-16-20-23-25(2,26)24-21-18-17-19-22-24/h24H,3-23H2,1-2H3. The first-order valence-corrected chi connectivity index (χ1v) is 12.2. The Labute approximate surface area is 165 Å². The van der Waals surface area contributed by atoms with Crippen LogP contribution in [0.25, 0.3) is 0 Å². The summed E-state index contributed by atoms with van der Waals surface area (Å²) >= 11 is 0. The minimum Gasteiger partial charge on any atom is -0.633 e. The minimum atomic E-state index is 0.0401. The third-order valence-electron chi connectivity index (χ3n) is 6.55. The molecule has 1 unspecified atom stereocenters. The van der Waals surface area contributed by atoms with Crippen molar-refractivity contribution in [2.45, 2.75) is 141 Å². The maximum absolute atomic E-state index is 12.7. The molecular formula is C24H49NO.